The normalized spacial score (nSPS) is 14.1. The third-order valence-electron chi connectivity index (χ3n) is 3.95. The maximum Gasteiger partial charge on any atom is 0.112 e. The summed E-state index contributed by atoms with van der Waals surface area (Å²) < 4.78 is 0. The molecule has 106 valence electrons. The van der Waals surface area contributed by atoms with Crippen molar-refractivity contribution >= 4 is 10.9 Å². The molecular formula is C19H19NO. The fraction of sp³-hybridized carbons (Fsp3) is 0.211. The molecule has 3 rings (SSSR count). The minimum Gasteiger partial charge on any atom is -0.381 e. The summed E-state index contributed by atoms with van der Waals surface area (Å²) in [7, 11) is 0. The Morgan fingerprint density at radius 2 is 1.62 bits per heavy atom. The van der Waals surface area contributed by atoms with Crippen LogP contribution in [0.3, 0.4) is 0 Å². The number of hydrogen-bond donors (Lipinski definition) is 1. The van der Waals surface area contributed by atoms with Gasteiger partial charge in [0.05, 0.1) is 5.52 Å². The van der Waals surface area contributed by atoms with Gasteiger partial charge in [0.2, 0.25) is 0 Å². The number of pyridine rings is 1. The number of benzene rings is 2. The Morgan fingerprint density at radius 3 is 2.33 bits per heavy atom. The first-order valence-electron chi connectivity index (χ1n) is 7.13. The molecule has 1 N–H and O–H groups in total. The fourth-order valence-electron chi connectivity index (χ4n) is 2.79. The lowest BCUT2D eigenvalue weighted by Gasteiger charge is -2.25. The van der Waals surface area contributed by atoms with Crippen molar-refractivity contribution < 1.29 is 5.11 Å². The number of aryl methyl sites for hydroxylation is 2. The lowest BCUT2D eigenvalue weighted by atomic mass is 9.86. The maximum absolute atomic E-state index is 11.0. The number of aliphatic hydroxyl groups is 1. The highest BCUT2D eigenvalue weighted by Crippen LogP contribution is 2.31. The van der Waals surface area contributed by atoms with Gasteiger partial charge in [-0.3, -0.25) is 4.98 Å². The number of fused-ring (bicyclic) bond motifs is 1. The van der Waals surface area contributed by atoms with Crippen LogP contribution in [-0.4, -0.2) is 10.1 Å². The summed E-state index contributed by atoms with van der Waals surface area (Å²) in [5.41, 5.74) is 3.96. The summed E-state index contributed by atoms with van der Waals surface area (Å²) in [6, 6.07) is 16.1. The molecule has 2 nitrogen and oxygen atoms in total. The Balaban J connectivity index is 2.14. The number of hydrogen-bond acceptors (Lipinski definition) is 2. The Hall–Kier alpha value is -2.19. The zero-order valence-corrected chi connectivity index (χ0v) is 12.6. The number of nitrogens with zero attached hydrogens (tertiary/aromatic N) is 1. The van der Waals surface area contributed by atoms with E-state index in [-0.39, 0.29) is 0 Å². The molecule has 0 amide bonds. The van der Waals surface area contributed by atoms with Crippen LogP contribution in [0.25, 0.3) is 10.9 Å². The smallest absolute Gasteiger partial charge is 0.112 e. The van der Waals surface area contributed by atoms with E-state index in [0.717, 1.165) is 33.2 Å². The van der Waals surface area contributed by atoms with Crippen molar-refractivity contribution in [3.63, 3.8) is 0 Å². The predicted molar refractivity (Wildman–Crippen MR) is 86.3 cm³/mol. The van der Waals surface area contributed by atoms with E-state index in [2.05, 4.69) is 24.9 Å². The minimum absolute atomic E-state index is 0.860. The van der Waals surface area contributed by atoms with E-state index >= 15 is 0 Å². The van der Waals surface area contributed by atoms with Crippen molar-refractivity contribution in [2.24, 2.45) is 0 Å². The zero-order valence-electron chi connectivity index (χ0n) is 12.6. The van der Waals surface area contributed by atoms with Crippen molar-refractivity contribution in [3.05, 3.63) is 77.0 Å². The van der Waals surface area contributed by atoms with E-state index in [1.165, 1.54) is 0 Å². The van der Waals surface area contributed by atoms with E-state index in [0.29, 0.717) is 0 Å². The fourth-order valence-corrected chi connectivity index (χ4v) is 2.79. The Morgan fingerprint density at radius 1 is 0.905 bits per heavy atom. The predicted octanol–water partition coefficient (Wildman–Crippen LogP) is 4.11. The van der Waals surface area contributed by atoms with Crippen LogP contribution in [0.4, 0.5) is 0 Å². The molecule has 0 saturated heterocycles. The van der Waals surface area contributed by atoms with Crippen molar-refractivity contribution in [2.45, 2.75) is 26.4 Å². The average Bonchev–Trinajstić information content (AvgIpc) is 2.45. The molecule has 0 aliphatic carbocycles. The summed E-state index contributed by atoms with van der Waals surface area (Å²) in [6.45, 7) is 5.94. The molecule has 0 aliphatic heterocycles. The number of rotatable bonds is 2. The van der Waals surface area contributed by atoms with Gasteiger partial charge in [-0.15, -0.1) is 0 Å². The lowest BCUT2D eigenvalue weighted by molar-refractivity contribution is 0.102. The summed E-state index contributed by atoms with van der Waals surface area (Å²) in [5, 5.41) is 12.1. The van der Waals surface area contributed by atoms with Gasteiger partial charge in [-0.05, 0) is 44.0 Å². The molecule has 0 spiro atoms. The van der Waals surface area contributed by atoms with Gasteiger partial charge in [0.15, 0.2) is 0 Å². The quantitative estimate of drug-likeness (QED) is 0.764. The van der Waals surface area contributed by atoms with Gasteiger partial charge in [0.25, 0.3) is 0 Å². The molecule has 0 fully saturated rings. The van der Waals surface area contributed by atoms with E-state index < -0.39 is 5.60 Å². The molecule has 2 aromatic carbocycles. The summed E-state index contributed by atoms with van der Waals surface area (Å²) in [5.74, 6) is 0. The van der Waals surface area contributed by atoms with Crippen LogP contribution in [-0.2, 0) is 5.60 Å². The summed E-state index contributed by atoms with van der Waals surface area (Å²) >= 11 is 0. The van der Waals surface area contributed by atoms with Crippen molar-refractivity contribution in [1.29, 1.82) is 0 Å². The van der Waals surface area contributed by atoms with Crippen LogP contribution in [0.15, 0.2) is 54.7 Å². The molecule has 3 aromatic rings. The molecular weight excluding hydrogens is 258 g/mol. The summed E-state index contributed by atoms with van der Waals surface area (Å²) in [4.78, 5) is 4.37. The van der Waals surface area contributed by atoms with E-state index in [1.54, 1.807) is 6.20 Å². The third-order valence-corrected chi connectivity index (χ3v) is 3.95. The second kappa shape index (κ2) is 4.97. The van der Waals surface area contributed by atoms with E-state index in [9.17, 15) is 5.11 Å². The molecule has 0 saturated carbocycles. The minimum atomic E-state index is -1.03. The van der Waals surface area contributed by atoms with Gasteiger partial charge in [-0.25, -0.2) is 0 Å². The lowest BCUT2D eigenvalue weighted by Crippen LogP contribution is -2.23. The van der Waals surface area contributed by atoms with Crippen LogP contribution < -0.4 is 0 Å². The second-order valence-corrected chi connectivity index (χ2v) is 5.86. The molecule has 2 heteroatoms. The standard InChI is InChI=1S/C19H19NO/c1-13-9-14(2)11-17(10-13)19(3,21)16-7-6-15-5-4-8-20-18(15)12-16/h4-12,21H,1-3H3. The van der Waals surface area contributed by atoms with E-state index in [1.807, 2.05) is 49.4 Å². The molecule has 21 heavy (non-hydrogen) atoms. The molecule has 1 aromatic heterocycles. The highest BCUT2D eigenvalue weighted by Gasteiger charge is 2.26. The van der Waals surface area contributed by atoms with E-state index in [4.69, 9.17) is 0 Å². The van der Waals surface area contributed by atoms with Gasteiger partial charge >= 0.3 is 0 Å². The first-order chi connectivity index (χ1) is 9.96. The molecule has 1 atom stereocenters. The Bertz CT molecular complexity index is 785. The molecule has 0 aliphatic rings. The largest absolute Gasteiger partial charge is 0.381 e. The van der Waals surface area contributed by atoms with Crippen LogP contribution in [0, 0.1) is 13.8 Å². The monoisotopic (exact) mass is 277 g/mol. The van der Waals surface area contributed by atoms with Crippen molar-refractivity contribution in [2.75, 3.05) is 0 Å². The first kappa shape index (κ1) is 13.8. The maximum atomic E-state index is 11.0. The van der Waals surface area contributed by atoms with Crippen molar-refractivity contribution in [1.82, 2.24) is 4.98 Å². The van der Waals surface area contributed by atoms with Gasteiger partial charge < -0.3 is 5.11 Å². The van der Waals surface area contributed by atoms with Crippen molar-refractivity contribution in [3.8, 4) is 0 Å². The van der Waals surface area contributed by atoms with Crippen LogP contribution in [0.1, 0.15) is 29.2 Å². The van der Waals surface area contributed by atoms with Gasteiger partial charge in [-0.1, -0.05) is 47.5 Å². The Kier molecular flexibility index (Phi) is 3.26. The molecule has 0 radical (unpaired) electrons. The third kappa shape index (κ3) is 2.55. The van der Waals surface area contributed by atoms with Crippen LogP contribution >= 0.6 is 0 Å². The SMILES string of the molecule is Cc1cc(C)cc(C(C)(O)c2ccc3cccnc3c2)c1. The zero-order chi connectivity index (χ0) is 15.0. The topological polar surface area (TPSA) is 33.1 Å². The second-order valence-electron chi connectivity index (χ2n) is 5.86. The molecule has 1 heterocycles. The average molecular weight is 277 g/mol. The van der Waals surface area contributed by atoms with Gasteiger partial charge in [0.1, 0.15) is 5.60 Å². The first-order valence-corrected chi connectivity index (χ1v) is 7.13. The summed E-state index contributed by atoms with van der Waals surface area (Å²) in [6.07, 6.45) is 1.78. The van der Waals surface area contributed by atoms with Crippen LogP contribution in [0.5, 0.6) is 0 Å². The number of aromatic nitrogens is 1. The highest BCUT2D eigenvalue weighted by atomic mass is 16.3. The molecule has 1 unspecified atom stereocenters. The van der Waals surface area contributed by atoms with Crippen LogP contribution in [0.2, 0.25) is 0 Å². The molecule has 0 bridgehead atoms. The Labute approximate surface area is 125 Å². The van der Waals surface area contributed by atoms with Gasteiger partial charge in [-0.2, -0.15) is 0 Å². The van der Waals surface area contributed by atoms with Gasteiger partial charge in [0, 0.05) is 11.6 Å². The highest BCUT2D eigenvalue weighted by molar-refractivity contribution is 5.79.